The molecule has 88 valence electrons. The van der Waals surface area contributed by atoms with Gasteiger partial charge in [-0.25, -0.2) is 0 Å². The molecule has 0 aromatic carbocycles. The van der Waals surface area contributed by atoms with Crippen molar-refractivity contribution in [2.75, 3.05) is 6.54 Å². The number of carbonyl (C=O) groups excluding carboxylic acids is 1. The van der Waals surface area contributed by atoms with Gasteiger partial charge in [0.2, 0.25) is 5.91 Å². The Kier molecular flexibility index (Phi) is 5.13. The highest BCUT2D eigenvalue weighted by molar-refractivity contribution is 5.76. The molecule has 0 aliphatic heterocycles. The lowest BCUT2D eigenvalue weighted by molar-refractivity contribution is -0.134. The number of nitrogens with zero attached hydrogens (tertiary/aromatic N) is 1. The van der Waals surface area contributed by atoms with Crippen molar-refractivity contribution in [3.8, 4) is 0 Å². The van der Waals surface area contributed by atoms with Gasteiger partial charge >= 0.3 is 0 Å². The van der Waals surface area contributed by atoms with E-state index in [2.05, 4.69) is 25.7 Å². The third-order valence-electron chi connectivity index (χ3n) is 3.13. The van der Waals surface area contributed by atoms with Crippen LogP contribution in [0.5, 0.6) is 0 Å². The van der Waals surface area contributed by atoms with Crippen LogP contribution in [0.25, 0.3) is 0 Å². The Balaban J connectivity index is 2.51. The van der Waals surface area contributed by atoms with Crippen molar-refractivity contribution >= 4 is 5.91 Å². The summed E-state index contributed by atoms with van der Waals surface area (Å²) in [6, 6.07) is 0.552. The van der Waals surface area contributed by atoms with E-state index in [1.54, 1.807) is 0 Å². The Morgan fingerprint density at radius 1 is 1.33 bits per heavy atom. The first-order valence-corrected chi connectivity index (χ1v) is 6.44. The lowest BCUT2D eigenvalue weighted by Crippen LogP contribution is -2.39. The van der Waals surface area contributed by atoms with Crippen molar-refractivity contribution in [2.24, 2.45) is 5.92 Å². The molecule has 1 aliphatic carbocycles. The summed E-state index contributed by atoms with van der Waals surface area (Å²) in [5.74, 6) is 0.858. The molecule has 0 spiro atoms. The van der Waals surface area contributed by atoms with Crippen LogP contribution in [0.15, 0.2) is 0 Å². The number of hydrogen-bond donors (Lipinski definition) is 0. The first-order chi connectivity index (χ1) is 7.15. The number of rotatable bonds is 5. The summed E-state index contributed by atoms with van der Waals surface area (Å²) in [6.45, 7) is 7.36. The maximum absolute atomic E-state index is 12.1. The third kappa shape index (κ3) is 3.84. The molecule has 0 N–H and O–H groups in total. The molecule has 1 aliphatic rings. The molecule has 0 heterocycles. The van der Waals surface area contributed by atoms with Crippen LogP contribution in [0.1, 0.15) is 59.3 Å². The zero-order chi connectivity index (χ0) is 11.3. The molecule has 0 atom stereocenters. The van der Waals surface area contributed by atoms with Crippen molar-refractivity contribution in [3.05, 3.63) is 0 Å². The maximum atomic E-state index is 12.1. The summed E-state index contributed by atoms with van der Waals surface area (Å²) in [7, 11) is 0. The second-order valence-electron chi connectivity index (χ2n) is 5.12. The third-order valence-corrected chi connectivity index (χ3v) is 3.13. The normalized spacial score (nSPS) is 17.3. The lowest BCUT2D eigenvalue weighted by Gasteiger charge is -2.29. The minimum Gasteiger partial charge on any atom is -0.340 e. The molecule has 0 bridgehead atoms. The fraction of sp³-hybridized carbons (Fsp3) is 0.923. The van der Waals surface area contributed by atoms with Gasteiger partial charge in [0.1, 0.15) is 0 Å². The van der Waals surface area contributed by atoms with Crippen molar-refractivity contribution in [3.63, 3.8) is 0 Å². The molecule has 15 heavy (non-hydrogen) atoms. The largest absolute Gasteiger partial charge is 0.340 e. The number of amides is 1. The molecule has 2 heteroatoms. The number of carbonyl (C=O) groups is 1. The number of hydrogen-bond acceptors (Lipinski definition) is 1. The summed E-state index contributed by atoms with van der Waals surface area (Å²) in [6.07, 6.45) is 6.87. The molecule has 1 saturated carbocycles. The van der Waals surface area contributed by atoms with Crippen LogP contribution in [0.4, 0.5) is 0 Å². The van der Waals surface area contributed by atoms with Crippen molar-refractivity contribution in [2.45, 2.75) is 65.3 Å². The summed E-state index contributed by atoms with van der Waals surface area (Å²) >= 11 is 0. The Morgan fingerprint density at radius 3 is 2.40 bits per heavy atom. The molecular weight excluding hydrogens is 186 g/mol. The quantitative estimate of drug-likeness (QED) is 0.684. The van der Waals surface area contributed by atoms with Gasteiger partial charge in [-0.15, -0.1) is 0 Å². The topological polar surface area (TPSA) is 20.3 Å². The fourth-order valence-electron chi connectivity index (χ4n) is 2.43. The SMILES string of the molecule is CCCN(C(=O)CC(C)C)C1CCCC1. The Morgan fingerprint density at radius 2 is 1.93 bits per heavy atom. The van der Waals surface area contributed by atoms with Crippen LogP contribution in [0.2, 0.25) is 0 Å². The zero-order valence-corrected chi connectivity index (χ0v) is 10.5. The molecule has 0 unspecified atom stereocenters. The van der Waals surface area contributed by atoms with Crippen molar-refractivity contribution in [1.29, 1.82) is 0 Å². The van der Waals surface area contributed by atoms with E-state index in [0.29, 0.717) is 17.9 Å². The fourth-order valence-corrected chi connectivity index (χ4v) is 2.43. The summed E-state index contributed by atoms with van der Waals surface area (Å²) in [4.78, 5) is 14.2. The van der Waals surface area contributed by atoms with Gasteiger partial charge in [0.05, 0.1) is 0 Å². The predicted octanol–water partition coefficient (Wildman–Crippen LogP) is 3.21. The molecule has 0 saturated heterocycles. The van der Waals surface area contributed by atoms with E-state index < -0.39 is 0 Å². The highest BCUT2D eigenvalue weighted by Crippen LogP contribution is 2.24. The Hall–Kier alpha value is -0.530. The van der Waals surface area contributed by atoms with E-state index in [1.165, 1.54) is 25.7 Å². The standard InChI is InChI=1S/C13H25NO/c1-4-9-14(12-7-5-6-8-12)13(15)10-11(2)3/h11-12H,4-10H2,1-3H3. The van der Waals surface area contributed by atoms with Crippen LogP contribution >= 0.6 is 0 Å². The molecule has 2 nitrogen and oxygen atoms in total. The molecule has 1 rings (SSSR count). The molecule has 0 aromatic heterocycles. The maximum Gasteiger partial charge on any atom is 0.223 e. The molecule has 1 fully saturated rings. The van der Waals surface area contributed by atoms with Gasteiger partial charge < -0.3 is 4.90 Å². The summed E-state index contributed by atoms with van der Waals surface area (Å²) in [5, 5.41) is 0. The Labute approximate surface area is 94.0 Å². The lowest BCUT2D eigenvalue weighted by atomic mass is 10.1. The second-order valence-corrected chi connectivity index (χ2v) is 5.12. The van der Waals surface area contributed by atoms with Gasteiger partial charge in [-0.05, 0) is 25.2 Å². The molecule has 0 aromatic rings. The van der Waals surface area contributed by atoms with E-state index >= 15 is 0 Å². The highest BCUT2D eigenvalue weighted by Gasteiger charge is 2.25. The summed E-state index contributed by atoms with van der Waals surface area (Å²) < 4.78 is 0. The Bertz CT molecular complexity index is 195. The van der Waals surface area contributed by atoms with E-state index in [-0.39, 0.29) is 0 Å². The average Bonchev–Trinajstić information content (AvgIpc) is 2.65. The van der Waals surface area contributed by atoms with Gasteiger partial charge in [0.25, 0.3) is 0 Å². The van der Waals surface area contributed by atoms with E-state index in [4.69, 9.17) is 0 Å². The first-order valence-electron chi connectivity index (χ1n) is 6.44. The van der Waals surface area contributed by atoms with Crippen LogP contribution in [0.3, 0.4) is 0 Å². The first kappa shape index (κ1) is 12.5. The smallest absolute Gasteiger partial charge is 0.223 e. The predicted molar refractivity (Wildman–Crippen MR) is 63.7 cm³/mol. The van der Waals surface area contributed by atoms with Crippen LogP contribution in [0, 0.1) is 5.92 Å². The van der Waals surface area contributed by atoms with E-state index in [0.717, 1.165) is 19.4 Å². The van der Waals surface area contributed by atoms with Crippen molar-refractivity contribution in [1.82, 2.24) is 4.90 Å². The van der Waals surface area contributed by atoms with Gasteiger partial charge in [0.15, 0.2) is 0 Å². The minimum absolute atomic E-state index is 0.374. The average molecular weight is 211 g/mol. The monoisotopic (exact) mass is 211 g/mol. The zero-order valence-electron chi connectivity index (χ0n) is 10.5. The highest BCUT2D eigenvalue weighted by atomic mass is 16.2. The van der Waals surface area contributed by atoms with E-state index in [1.807, 2.05) is 0 Å². The van der Waals surface area contributed by atoms with Gasteiger partial charge in [-0.3, -0.25) is 4.79 Å². The van der Waals surface area contributed by atoms with Crippen LogP contribution in [-0.2, 0) is 4.79 Å². The van der Waals surface area contributed by atoms with E-state index in [9.17, 15) is 4.79 Å². The van der Waals surface area contributed by atoms with Crippen molar-refractivity contribution < 1.29 is 4.79 Å². The molecule has 1 amide bonds. The molecular formula is C13H25NO. The second kappa shape index (κ2) is 6.14. The molecule has 0 radical (unpaired) electrons. The van der Waals surface area contributed by atoms with Gasteiger partial charge in [-0.2, -0.15) is 0 Å². The van der Waals surface area contributed by atoms with Gasteiger partial charge in [-0.1, -0.05) is 33.6 Å². The van der Waals surface area contributed by atoms with Gasteiger partial charge in [0, 0.05) is 19.0 Å². The minimum atomic E-state index is 0.374. The van der Waals surface area contributed by atoms with Crippen LogP contribution < -0.4 is 0 Å². The summed E-state index contributed by atoms with van der Waals surface area (Å²) in [5.41, 5.74) is 0. The van der Waals surface area contributed by atoms with Crippen LogP contribution in [-0.4, -0.2) is 23.4 Å².